The third-order valence-electron chi connectivity index (χ3n) is 3.05. The summed E-state index contributed by atoms with van der Waals surface area (Å²) in [4.78, 5) is 7.26. The van der Waals surface area contributed by atoms with Gasteiger partial charge in [-0.25, -0.2) is 12.7 Å². The lowest BCUT2D eigenvalue weighted by molar-refractivity contribution is 0.471. The molecule has 0 aliphatic rings. The molecule has 0 radical (unpaired) electrons. The van der Waals surface area contributed by atoms with Crippen LogP contribution < -0.4 is 5.73 Å². The molecule has 7 heteroatoms. The zero-order valence-corrected chi connectivity index (χ0v) is 12.1. The van der Waals surface area contributed by atoms with Crippen molar-refractivity contribution >= 4 is 10.0 Å². The molecular weight excluding hydrogens is 276 g/mol. The van der Waals surface area contributed by atoms with Crippen LogP contribution in [-0.4, -0.2) is 36.3 Å². The van der Waals surface area contributed by atoms with Gasteiger partial charge >= 0.3 is 0 Å². The van der Waals surface area contributed by atoms with Crippen molar-refractivity contribution in [3.63, 3.8) is 0 Å². The van der Waals surface area contributed by atoms with Crippen molar-refractivity contribution in [3.05, 3.63) is 48.0 Å². The van der Waals surface area contributed by atoms with E-state index in [2.05, 4.69) is 9.97 Å². The summed E-state index contributed by atoms with van der Waals surface area (Å²) >= 11 is 0. The van der Waals surface area contributed by atoms with Gasteiger partial charge in [0.25, 0.3) is 0 Å². The molecule has 2 aromatic rings. The maximum Gasteiger partial charge on any atom is 0.244 e. The van der Waals surface area contributed by atoms with Crippen molar-refractivity contribution in [2.45, 2.75) is 17.9 Å². The highest BCUT2D eigenvalue weighted by atomic mass is 32.2. The molecule has 0 unspecified atom stereocenters. The van der Waals surface area contributed by atoms with Crippen molar-refractivity contribution in [1.82, 2.24) is 14.3 Å². The fourth-order valence-electron chi connectivity index (χ4n) is 1.80. The van der Waals surface area contributed by atoms with Gasteiger partial charge in [-0.2, -0.15) is 0 Å². The van der Waals surface area contributed by atoms with Crippen molar-refractivity contribution in [3.8, 4) is 0 Å². The zero-order chi connectivity index (χ0) is 14.6. The van der Waals surface area contributed by atoms with E-state index in [9.17, 15) is 8.42 Å². The van der Waals surface area contributed by atoms with Crippen LogP contribution in [-0.2, 0) is 23.0 Å². The van der Waals surface area contributed by atoms with Crippen molar-refractivity contribution in [2.24, 2.45) is 5.73 Å². The molecule has 3 N–H and O–H groups in total. The number of hydrogen-bond donors (Lipinski definition) is 2. The summed E-state index contributed by atoms with van der Waals surface area (Å²) in [6.07, 6.45) is 3.74. The Balaban J connectivity index is 2.05. The van der Waals surface area contributed by atoms with Gasteiger partial charge in [0.1, 0.15) is 0 Å². The lowest BCUT2D eigenvalue weighted by Gasteiger charge is -2.15. The molecule has 0 fully saturated rings. The zero-order valence-electron chi connectivity index (χ0n) is 11.3. The van der Waals surface area contributed by atoms with E-state index in [0.717, 1.165) is 5.69 Å². The summed E-state index contributed by atoms with van der Waals surface area (Å²) in [5, 5.41) is 0. The molecule has 2 heterocycles. The van der Waals surface area contributed by atoms with Gasteiger partial charge in [-0.05, 0) is 18.2 Å². The van der Waals surface area contributed by atoms with Crippen LogP contribution in [0.2, 0.25) is 0 Å². The summed E-state index contributed by atoms with van der Waals surface area (Å²) in [7, 11) is -1.92. The van der Waals surface area contributed by atoms with E-state index in [1.165, 1.54) is 10.5 Å². The van der Waals surface area contributed by atoms with Gasteiger partial charge in [-0.1, -0.05) is 6.07 Å². The van der Waals surface area contributed by atoms with Crippen LogP contribution in [0.5, 0.6) is 0 Å². The van der Waals surface area contributed by atoms with Crippen LogP contribution in [0.25, 0.3) is 0 Å². The summed E-state index contributed by atoms with van der Waals surface area (Å²) in [6, 6.07) is 7.16. The highest BCUT2D eigenvalue weighted by molar-refractivity contribution is 7.89. The van der Waals surface area contributed by atoms with Gasteiger partial charge in [0, 0.05) is 50.3 Å². The average Bonchev–Trinajstić information content (AvgIpc) is 2.95. The van der Waals surface area contributed by atoms with Gasteiger partial charge in [0.2, 0.25) is 10.0 Å². The average molecular weight is 294 g/mol. The van der Waals surface area contributed by atoms with Gasteiger partial charge in [-0.15, -0.1) is 0 Å². The SMILES string of the molecule is CN(CCc1ccccn1)S(=O)(=O)c1c[nH]c(CN)c1. The molecule has 0 aromatic carbocycles. The van der Waals surface area contributed by atoms with Crippen molar-refractivity contribution in [1.29, 1.82) is 0 Å². The molecular formula is C13H18N4O2S. The molecule has 0 aliphatic heterocycles. The molecule has 108 valence electrons. The van der Waals surface area contributed by atoms with E-state index >= 15 is 0 Å². The first kappa shape index (κ1) is 14.7. The van der Waals surface area contributed by atoms with Crippen LogP contribution in [0.4, 0.5) is 0 Å². The maximum atomic E-state index is 12.3. The minimum atomic E-state index is -3.48. The molecule has 0 spiro atoms. The second-order valence-electron chi connectivity index (χ2n) is 4.46. The number of pyridine rings is 1. The number of sulfonamides is 1. The first-order valence-corrected chi connectivity index (χ1v) is 7.71. The predicted molar refractivity (Wildman–Crippen MR) is 76.4 cm³/mol. The number of nitrogens with two attached hydrogens (primary N) is 1. The number of hydrogen-bond acceptors (Lipinski definition) is 4. The smallest absolute Gasteiger partial charge is 0.244 e. The van der Waals surface area contributed by atoms with Gasteiger partial charge < -0.3 is 10.7 Å². The number of likely N-dealkylation sites (N-methyl/N-ethyl adjacent to an activating group) is 1. The number of aromatic nitrogens is 2. The minimum absolute atomic E-state index is 0.237. The molecule has 0 saturated carbocycles. The fraction of sp³-hybridized carbons (Fsp3) is 0.308. The second-order valence-corrected chi connectivity index (χ2v) is 6.51. The van der Waals surface area contributed by atoms with Gasteiger partial charge in [0.05, 0.1) is 4.90 Å². The van der Waals surface area contributed by atoms with Gasteiger partial charge in [-0.3, -0.25) is 4.98 Å². The molecule has 0 aliphatic carbocycles. The number of nitrogens with one attached hydrogen (secondary N) is 1. The van der Waals surface area contributed by atoms with E-state index in [1.54, 1.807) is 19.3 Å². The molecule has 6 nitrogen and oxygen atoms in total. The largest absolute Gasteiger partial charge is 0.363 e. The van der Waals surface area contributed by atoms with Crippen LogP contribution >= 0.6 is 0 Å². The summed E-state index contributed by atoms with van der Waals surface area (Å²) in [5.74, 6) is 0. The van der Waals surface area contributed by atoms with E-state index in [0.29, 0.717) is 18.7 Å². The molecule has 0 saturated heterocycles. The summed E-state index contributed by atoms with van der Waals surface area (Å²) < 4.78 is 26.0. The Kier molecular flexibility index (Phi) is 4.53. The summed E-state index contributed by atoms with van der Waals surface area (Å²) in [6.45, 7) is 0.662. The lowest BCUT2D eigenvalue weighted by atomic mass is 10.3. The minimum Gasteiger partial charge on any atom is -0.363 e. The third-order valence-corrected chi connectivity index (χ3v) is 4.89. The molecule has 0 amide bonds. The molecule has 2 aromatic heterocycles. The van der Waals surface area contributed by atoms with Gasteiger partial charge in [0.15, 0.2) is 0 Å². The van der Waals surface area contributed by atoms with Crippen molar-refractivity contribution < 1.29 is 8.42 Å². The standard InChI is InChI=1S/C13H18N4O2S/c1-17(7-5-11-4-2-3-6-15-11)20(18,19)13-8-12(9-14)16-10-13/h2-4,6,8,10,16H,5,7,9,14H2,1H3. The van der Waals surface area contributed by atoms with E-state index in [1.807, 2.05) is 18.2 Å². The normalized spacial score (nSPS) is 11.9. The molecule has 2 rings (SSSR count). The summed E-state index contributed by atoms with van der Waals surface area (Å²) in [5.41, 5.74) is 7.03. The Morgan fingerprint density at radius 3 is 2.80 bits per heavy atom. The highest BCUT2D eigenvalue weighted by Crippen LogP contribution is 2.15. The van der Waals surface area contributed by atoms with E-state index in [4.69, 9.17) is 5.73 Å². The van der Waals surface area contributed by atoms with Crippen LogP contribution in [0.15, 0.2) is 41.6 Å². The fourth-order valence-corrected chi connectivity index (χ4v) is 2.99. The highest BCUT2D eigenvalue weighted by Gasteiger charge is 2.21. The number of nitrogens with zero attached hydrogens (tertiary/aromatic N) is 2. The van der Waals surface area contributed by atoms with Crippen LogP contribution in [0.3, 0.4) is 0 Å². The number of H-pyrrole nitrogens is 1. The Labute approximate surface area is 118 Å². The maximum absolute atomic E-state index is 12.3. The topological polar surface area (TPSA) is 92.1 Å². The van der Waals surface area contributed by atoms with Crippen LogP contribution in [0, 0.1) is 0 Å². The Morgan fingerprint density at radius 2 is 2.20 bits per heavy atom. The first-order chi connectivity index (χ1) is 9.54. The number of rotatable bonds is 6. The Morgan fingerprint density at radius 1 is 1.40 bits per heavy atom. The molecule has 20 heavy (non-hydrogen) atoms. The van der Waals surface area contributed by atoms with E-state index in [-0.39, 0.29) is 11.4 Å². The first-order valence-electron chi connectivity index (χ1n) is 6.27. The molecule has 0 atom stereocenters. The lowest BCUT2D eigenvalue weighted by Crippen LogP contribution is -2.28. The molecule has 0 bridgehead atoms. The van der Waals surface area contributed by atoms with Crippen LogP contribution in [0.1, 0.15) is 11.4 Å². The quantitative estimate of drug-likeness (QED) is 0.821. The van der Waals surface area contributed by atoms with Crippen molar-refractivity contribution in [2.75, 3.05) is 13.6 Å². The third kappa shape index (κ3) is 3.24. The Bertz CT molecular complexity index is 652. The van der Waals surface area contributed by atoms with E-state index < -0.39 is 10.0 Å². The second kappa shape index (κ2) is 6.17. The Hall–Kier alpha value is -1.70. The predicted octanol–water partition coefficient (Wildman–Crippen LogP) is 0.732. The number of aromatic amines is 1. The monoisotopic (exact) mass is 294 g/mol.